The summed E-state index contributed by atoms with van der Waals surface area (Å²) in [4.78, 5) is 12.6. The van der Waals surface area contributed by atoms with Crippen LogP contribution in [0.3, 0.4) is 0 Å². The van der Waals surface area contributed by atoms with Crippen molar-refractivity contribution in [1.82, 2.24) is 0 Å². The predicted octanol–water partition coefficient (Wildman–Crippen LogP) is 3.28. The summed E-state index contributed by atoms with van der Waals surface area (Å²) in [6.07, 6.45) is 0.959. The van der Waals surface area contributed by atoms with Crippen molar-refractivity contribution < 1.29 is 22.3 Å². The molecule has 2 aromatic carbocycles. The maximum atomic E-state index is 13.8. The topological polar surface area (TPSA) is 75.7 Å². The molecule has 0 aliphatic heterocycles. The fourth-order valence-corrected chi connectivity index (χ4v) is 3.75. The molecule has 6 nitrogen and oxygen atoms in total. The van der Waals surface area contributed by atoms with Gasteiger partial charge in [0, 0.05) is 5.02 Å². The molecule has 0 heterocycles. The third kappa shape index (κ3) is 4.44. The first-order valence-electron chi connectivity index (χ1n) is 7.53. The lowest BCUT2D eigenvalue weighted by atomic mass is 10.2. The Hall–Kier alpha value is -2.32. The van der Waals surface area contributed by atoms with Crippen LogP contribution in [0, 0.1) is 5.82 Å². The van der Waals surface area contributed by atoms with E-state index in [0.29, 0.717) is 0 Å². The van der Waals surface area contributed by atoms with E-state index < -0.39 is 27.8 Å². The van der Waals surface area contributed by atoms with Crippen LogP contribution in [0.4, 0.5) is 15.8 Å². The lowest BCUT2D eigenvalue weighted by molar-refractivity contribution is -0.116. The summed E-state index contributed by atoms with van der Waals surface area (Å²) < 4.78 is 44.5. The first kappa shape index (κ1) is 20.0. The van der Waals surface area contributed by atoms with E-state index in [1.165, 1.54) is 50.4 Å². The molecule has 0 bridgehead atoms. The van der Waals surface area contributed by atoms with Crippen molar-refractivity contribution in [1.29, 1.82) is 0 Å². The summed E-state index contributed by atoms with van der Waals surface area (Å²) in [6.45, 7) is 1.39. The summed E-state index contributed by atoms with van der Waals surface area (Å²) in [6, 6.07) is 8.84. The molecule has 0 fully saturated rings. The number of hydrogen-bond donors (Lipinski definition) is 1. The van der Waals surface area contributed by atoms with Crippen LogP contribution < -0.4 is 14.4 Å². The molecular formula is C17H18ClFN2O4S. The standard InChI is InChI=1S/C17H18ClFN2O4S/c1-11(17(22)20-14-7-5-4-6-13(14)19)21(26(3,23)24)15-10-12(18)8-9-16(15)25-2/h4-11H,1-3H3,(H,20,22)/t11-/m1/s1. The molecule has 0 aromatic heterocycles. The summed E-state index contributed by atoms with van der Waals surface area (Å²) in [5.74, 6) is -1.10. The number of benzene rings is 2. The lowest BCUT2D eigenvalue weighted by Gasteiger charge is -2.29. The molecule has 0 saturated heterocycles. The zero-order valence-electron chi connectivity index (χ0n) is 14.4. The molecule has 0 unspecified atom stereocenters. The minimum Gasteiger partial charge on any atom is -0.495 e. The van der Waals surface area contributed by atoms with Gasteiger partial charge in [-0.3, -0.25) is 9.10 Å². The Balaban J connectivity index is 2.43. The van der Waals surface area contributed by atoms with Gasteiger partial charge in [0.25, 0.3) is 0 Å². The molecule has 1 amide bonds. The quantitative estimate of drug-likeness (QED) is 0.807. The fourth-order valence-electron chi connectivity index (χ4n) is 2.42. The molecule has 1 atom stereocenters. The summed E-state index contributed by atoms with van der Waals surface area (Å²) in [5, 5.41) is 2.66. The third-order valence-electron chi connectivity index (χ3n) is 3.60. The number of methoxy groups -OCH3 is 1. The molecule has 2 aromatic rings. The van der Waals surface area contributed by atoms with Crippen molar-refractivity contribution in [2.24, 2.45) is 0 Å². The Labute approximate surface area is 156 Å². The number of amides is 1. The molecule has 0 radical (unpaired) electrons. The van der Waals surface area contributed by atoms with Gasteiger partial charge >= 0.3 is 0 Å². The van der Waals surface area contributed by atoms with Gasteiger partial charge in [0.1, 0.15) is 17.6 Å². The molecule has 9 heteroatoms. The second-order valence-corrected chi connectivity index (χ2v) is 7.82. The van der Waals surface area contributed by atoms with Crippen LogP contribution in [0.25, 0.3) is 0 Å². The van der Waals surface area contributed by atoms with Crippen LogP contribution in [-0.4, -0.2) is 33.7 Å². The normalized spacial score (nSPS) is 12.3. The number of halogens is 2. The van der Waals surface area contributed by atoms with E-state index in [0.717, 1.165) is 10.6 Å². The van der Waals surface area contributed by atoms with E-state index in [-0.39, 0.29) is 22.1 Å². The van der Waals surface area contributed by atoms with Gasteiger partial charge in [-0.05, 0) is 37.3 Å². The minimum atomic E-state index is -3.87. The van der Waals surface area contributed by atoms with Crippen LogP contribution >= 0.6 is 11.6 Å². The van der Waals surface area contributed by atoms with Gasteiger partial charge < -0.3 is 10.1 Å². The maximum absolute atomic E-state index is 13.8. The maximum Gasteiger partial charge on any atom is 0.248 e. The van der Waals surface area contributed by atoms with Crippen LogP contribution in [-0.2, 0) is 14.8 Å². The first-order valence-corrected chi connectivity index (χ1v) is 9.76. The molecule has 26 heavy (non-hydrogen) atoms. The number of para-hydroxylation sites is 1. The number of hydrogen-bond acceptors (Lipinski definition) is 4. The van der Waals surface area contributed by atoms with Gasteiger partial charge in [0.15, 0.2) is 0 Å². The van der Waals surface area contributed by atoms with Gasteiger partial charge in [-0.2, -0.15) is 0 Å². The highest BCUT2D eigenvalue weighted by Gasteiger charge is 2.31. The fraction of sp³-hybridized carbons (Fsp3) is 0.235. The molecule has 0 saturated carbocycles. The van der Waals surface area contributed by atoms with E-state index >= 15 is 0 Å². The second-order valence-electron chi connectivity index (χ2n) is 5.52. The molecule has 0 aliphatic rings. The summed E-state index contributed by atoms with van der Waals surface area (Å²) in [5.41, 5.74) is 0.0644. The number of carbonyl (C=O) groups is 1. The SMILES string of the molecule is COc1ccc(Cl)cc1N([C@H](C)C(=O)Nc1ccccc1F)S(C)(=O)=O. The number of sulfonamides is 1. The van der Waals surface area contributed by atoms with Gasteiger partial charge in [-0.15, -0.1) is 0 Å². The monoisotopic (exact) mass is 400 g/mol. The molecule has 0 aliphatic carbocycles. The van der Waals surface area contributed by atoms with Crippen molar-refractivity contribution in [2.45, 2.75) is 13.0 Å². The van der Waals surface area contributed by atoms with E-state index in [2.05, 4.69) is 5.32 Å². The van der Waals surface area contributed by atoms with Crippen molar-refractivity contribution >= 4 is 38.9 Å². The third-order valence-corrected chi connectivity index (χ3v) is 5.06. The van der Waals surface area contributed by atoms with Crippen molar-refractivity contribution in [3.05, 3.63) is 53.3 Å². The molecular weight excluding hydrogens is 383 g/mol. The second kappa shape index (κ2) is 7.92. The highest BCUT2D eigenvalue weighted by atomic mass is 35.5. The predicted molar refractivity (Wildman–Crippen MR) is 99.8 cm³/mol. The number of carbonyl (C=O) groups excluding carboxylic acids is 1. The van der Waals surface area contributed by atoms with Crippen molar-refractivity contribution in [3.8, 4) is 5.75 Å². The lowest BCUT2D eigenvalue weighted by Crippen LogP contribution is -2.45. The van der Waals surface area contributed by atoms with Gasteiger partial charge in [-0.25, -0.2) is 12.8 Å². The average Bonchev–Trinajstić information content (AvgIpc) is 2.56. The van der Waals surface area contributed by atoms with Crippen LogP contribution in [0.2, 0.25) is 5.02 Å². The van der Waals surface area contributed by atoms with E-state index in [4.69, 9.17) is 16.3 Å². The molecule has 2 rings (SSSR count). The number of rotatable bonds is 6. The van der Waals surface area contributed by atoms with Gasteiger partial charge in [-0.1, -0.05) is 23.7 Å². The Bertz CT molecular complexity index is 921. The van der Waals surface area contributed by atoms with E-state index in [9.17, 15) is 17.6 Å². The van der Waals surface area contributed by atoms with E-state index in [1.807, 2.05) is 0 Å². The number of ether oxygens (including phenoxy) is 1. The number of nitrogens with zero attached hydrogens (tertiary/aromatic N) is 1. The Morgan fingerprint density at radius 1 is 1.27 bits per heavy atom. The van der Waals surface area contributed by atoms with Crippen LogP contribution in [0.15, 0.2) is 42.5 Å². The van der Waals surface area contributed by atoms with Crippen molar-refractivity contribution in [2.75, 3.05) is 23.0 Å². The zero-order valence-corrected chi connectivity index (χ0v) is 15.9. The largest absolute Gasteiger partial charge is 0.495 e. The summed E-state index contributed by atoms with van der Waals surface area (Å²) in [7, 11) is -2.50. The smallest absolute Gasteiger partial charge is 0.248 e. The van der Waals surface area contributed by atoms with Crippen molar-refractivity contribution in [3.63, 3.8) is 0 Å². The van der Waals surface area contributed by atoms with Gasteiger partial charge in [0.2, 0.25) is 15.9 Å². The average molecular weight is 401 g/mol. The highest BCUT2D eigenvalue weighted by Crippen LogP contribution is 2.34. The molecule has 1 N–H and O–H groups in total. The first-order chi connectivity index (χ1) is 12.1. The number of nitrogens with one attached hydrogen (secondary N) is 1. The Morgan fingerprint density at radius 3 is 2.50 bits per heavy atom. The zero-order chi connectivity index (χ0) is 19.5. The molecule has 0 spiro atoms. The van der Waals surface area contributed by atoms with Crippen LogP contribution in [0.1, 0.15) is 6.92 Å². The minimum absolute atomic E-state index is 0.0455. The Morgan fingerprint density at radius 2 is 1.92 bits per heavy atom. The van der Waals surface area contributed by atoms with E-state index in [1.54, 1.807) is 6.07 Å². The Kier molecular flexibility index (Phi) is 6.09. The molecule has 140 valence electrons. The highest BCUT2D eigenvalue weighted by molar-refractivity contribution is 7.92. The summed E-state index contributed by atoms with van der Waals surface area (Å²) >= 11 is 5.98. The number of anilines is 2. The van der Waals surface area contributed by atoms with Gasteiger partial charge in [0.05, 0.1) is 24.7 Å². The van der Waals surface area contributed by atoms with Crippen LogP contribution in [0.5, 0.6) is 5.75 Å².